The van der Waals surface area contributed by atoms with Gasteiger partial charge in [-0.2, -0.15) is 0 Å². The van der Waals surface area contributed by atoms with Crippen LogP contribution in [0.15, 0.2) is 34.3 Å². The zero-order valence-electron chi connectivity index (χ0n) is 12.3. The molecule has 0 aromatic carbocycles. The standard InChI is InChI=1S/2C7H9NS.2FH.Sn/c2*1-5-3-6(2)8-7(9)4-5;;;/h2*3-4H,1-2H3,(H,8,9);2*1H;/q;;;;+4/p-4. The van der Waals surface area contributed by atoms with E-state index in [1.165, 1.54) is 0 Å². The molecule has 112 valence electrons. The first kappa shape index (κ1) is 17.0. The van der Waals surface area contributed by atoms with Crippen LogP contribution in [0.2, 0.25) is 0 Å². The Morgan fingerprint density at radius 1 is 0.762 bits per heavy atom. The van der Waals surface area contributed by atoms with Gasteiger partial charge in [0.15, 0.2) is 0 Å². The molecule has 0 atom stereocenters. The Kier molecular flexibility index (Phi) is 5.53. The van der Waals surface area contributed by atoms with Crippen LogP contribution in [0.25, 0.3) is 0 Å². The van der Waals surface area contributed by atoms with Crippen LogP contribution in [-0.4, -0.2) is 26.7 Å². The second-order valence-electron chi connectivity index (χ2n) is 4.92. The molecule has 7 heteroatoms. The maximum absolute atomic E-state index is 14.4. The molecular formula is C14H16F2N2S2Sn. The molecular weight excluding hydrogens is 417 g/mol. The van der Waals surface area contributed by atoms with Crippen LogP contribution in [-0.2, 0) is 0 Å². The van der Waals surface area contributed by atoms with E-state index in [0.717, 1.165) is 22.5 Å². The Morgan fingerprint density at radius 2 is 1.14 bits per heavy atom. The second-order valence-corrected chi connectivity index (χ2v) is 20.9. The van der Waals surface area contributed by atoms with Crippen LogP contribution in [0, 0.1) is 27.7 Å². The Balaban J connectivity index is 2.17. The molecule has 0 fully saturated rings. The van der Waals surface area contributed by atoms with E-state index >= 15 is 0 Å². The van der Waals surface area contributed by atoms with Gasteiger partial charge in [-0.05, 0) is 0 Å². The molecule has 0 aliphatic carbocycles. The van der Waals surface area contributed by atoms with Crippen molar-refractivity contribution in [2.45, 2.75) is 37.7 Å². The summed E-state index contributed by atoms with van der Waals surface area (Å²) in [5.41, 5.74) is 3.46. The number of rotatable bonds is 4. The average Bonchev–Trinajstić information content (AvgIpc) is 2.23. The predicted octanol–water partition coefficient (Wildman–Crippen LogP) is 4.97. The fourth-order valence-corrected chi connectivity index (χ4v) is 14.0. The van der Waals surface area contributed by atoms with Crippen molar-refractivity contribution < 1.29 is 5.73 Å². The molecule has 0 unspecified atom stereocenters. The van der Waals surface area contributed by atoms with Crippen LogP contribution < -0.4 is 0 Å². The Bertz CT molecular complexity index is 569. The van der Waals surface area contributed by atoms with Crippen LogP contribution in [0.1, 0.15) is 22.5 Å². The van der Waals surface area contributed by atoms with Gasteiger partial charge in [-0.1, -0.05) is 0 Å². The van der Waals surface area contributed by atoms with E-state index in [-0.39, 0.29) is 0 Å². The summed E-state index contributed by atoms with van der Waals surface area (Å²) in [6.07, 6.45) is 0. The molecule has 0 aliphatic rings. The summed E-state index contributed by atoms with van der Waals surface area (Å²) in [4.78, 5) is 8.40. The van der Waals surface area contributed by atoms with E-state index in [2.05, 4.69) is 9.97 Å². The predicted molar refractivity (Wildman–Crippen MR) is 87.1 cm³/mol. The fraction of sp³-hybridized carbons (Fsp3) is 0.286. The maximum atomic E-state index is 14.4. The van der Waals surface area contributed by atoms with Crippen molar-refractivity contribution >= 4 is 34.6 Å². The van der Waals surface area contributed by atoms with Crippen LogP contribution >= 0.6 is 17.9 Å². The molecule has 21 heavy (non-hydrogen) atoms. The summed E-state index contributed by atoms with van der Waals surface area (Å²) in [6.45, 7) is 7.43. The first-order valence-corrected chi connectivity index (χ1v) is 17.2. The van der Waals surface area contributed by atoms with Gasteiger partial charge in [-0.25, -0.2) is 0 Å². The van der Waals surface area contributed by atoms with Gasteiger partial charge >= 0.3 is 135 Å². The van der Waals surface area contributed by atoms with Crippen LogP contribution in [0.5, 0.6) is 0 Å². The molecule has 2 aromatic heterocycles. The fourth-order valence-electron chi connectivity index (χ4n) is 1.98. The number of halogens is 2. The van der Waals surface area contributed by atoms with Crippen molar-refractivity contribution in [1.82, 2.24) is 9.97 Å². The Hall–Kier alpha value is -0.341. The number of pyridine rings is 2. The third kappa shape index (κ3) is 5.41. The molecule has 0 spiro atoms. The Morgan fingerprint density at radius 3 is 1.48 bits per heavy atom. The Labute approximate surface area is 134 Å². The average molecular weight is 433 g/mol. The summed E-state index contributed by atoms with van der Waals surface area (Å²) in [7, 11) is 1.34. The third-order valence-electron chi connectivity index (χ3n) is 2.60. The summed E-state index contributed by atoms with van der Waals surface area (Å²) < 4.78 is 28.8. The normalized spacial score (nSPS) is 11.7. The van der Waals surface area contributed by atoms with Gasteiger partial charge in [-0.15, -0.1) is 0 Å². The molecule has 0 N–H and O–H groups in total. The SMILES string of the molecule is Cc1cc(C)nc([S][Sn]([F])([F])[S]c2cc(C)cc(C)n2)c1. The zero-order chi connectivity index (χ0) is 15.6. The van der Waals surface area contributed by atoms with Crippen LogP contribution in [0.4, 0.5) is 5.73 Å². The summed E-state index contributed by atoms with van der Waals surface area (Å²) in [5.74, 6) is 0. The van der Waals surface area contributed by atoms with Crippen molar-refractivity contribution in [3.05, 3.63) is 46.8 Å². The molecule has 0 aliphatic heterocycles. The summed E-state index contributed by atoms with van der Waals surface area (Å²) in [6, 6.07) is 7.21. The summed E-state index contributed by atoms with van der Waals surface area (Å²) >= 11 is -5.36. The van der Waals surface area contributed by atoms with Crippen molar-refractivity contribution in [3.8, 4) is 0 Å². The van der Waals surface area contributed by atoms with Gasteiger partial charge in [0.05, 0.1) is 0 Å². The summed E-state index contributed by atoms with van der Waals surface area (Å²) in [5, 5.41) is 0.843. The van der Waals surface area contributed by atoms with Gasteiger partial charge in [0.2, 0.25) is 0 Å². The van der Waals surface area contributed by atoms with E-state index < -0.39 is 16.8 Å². The van der Waals surface area contributed by atoms with Gasteiger partial charge in [-0.3, -0.25) is 0 Å². The van der Waals surface area contributed by atoms with Gasteiger partial charge in [0, 0.05) is 0 Å². The molecule has 2 heterocycles. The first-order chi connectivity index (χ1) is 9.73. The zero-order valence-corrected chi connectivity index (χ0v) is 16.8. The molecule has 2 nitrogen and oxygen atoms in total. The second kappa shape index (κ2) is 6.83. The molecule has 2 aromatic rings. The number of nitrogens with zero attached hydrogens (tertiary/aromatic N) is 2. The van der Waals surface area contributed by atoms with Crippen molar-refractivity contribution in [2.24, 2.45) is 0 Å². The van der Waals surface area contributed by atoms with Crippen molar-refractivity contribution in [3.63, 3.8) is 0 Å². The van der Waals surface area contributed by atoms with E-state index in [1.54, 1.807) is 12.1 Å². The molecule has 0 saturated carbocycles. The molecule has 0 amide bonds. The minimum atomic E-state index is -5.36. The van der Waals surface area contributed by atoms with Crippen molar-refractivity contribution in [2.75, 3.05) is 0 Å². The molecule has 0 bridgehead atoms. The minimum absolute atomic E-state index is 0.421. The van der Waals surface area contributed by atoms with Gasteiger partial charge < -0.3 is 0 Å². The number of hydrogen-bond acceptors (Lipinski definition) is 4. The van der Waals surface area contributed by atoms with E-state index in [1.807, 2.05) is 39.8 Å². The first-order valence-electron chi connectivity index (χ1n) is 6.40. The van der Waals surface area contributed by atoms with Gasteiger partial charge in [0.1, 0.15) is 0 Å². The van der Waals surface area contributed by atoms with E-state index in [9.17, 15) is 5.73 Å². The molecule has 0 radical (unpaired) electrons. The van der Waals surface area contributed by atoms with Crippen LogP contribution in [0.3, 0.4) is 0 Å². The van der Waals surface area contributed by atoms with E-state index in [4.69, 9.17) is 0 Å². The number of aryl methyl sites for hydroxylation is 4. The molecule has 0 saturated heterocycles. The van der Waals surface area contributed by atoms with Crippen molar-refractivity contribution in [1.29, 1.82) is 0 Å². The number of hydrogen-bond donors (Lipinski definition) is 0. The van der Waals surface area contributed by atoms with Gasteiger partial charge in [0.25, 0.3) is 0 Å². The van der Waals surface area contributed by atoms with E-state index in [0.29, 0.717) is 27.9 Å². The quantitative estimate of drug-likeness (QED) is 0.637. The third-order valence-corrected chi connectivity index (χ3v) is 14.9. The monoisotopic (exact) mass is 434 g/mol. The number of aromatic nitrogens is 2. The molecule has 2 rings (SSSR count). The topological polar surface area (TPSA) is 25.8 Å².